The summed E-state index contributed by atoms with van der Waals surface area (Å²) in [6, 6.07) is -0.192. The average molecular weight is 164 g/mol. The molecule has 0 aliphatic carbocycles. The van der Waals surface area contributed by atoms with Gasteiger partial charge in [-0.1, -0.05) is 19.8 Å². The minimum Gasteiger partial charge on any atom is -0.327 e. The SMILES string of the molecule is [CH2]CCCC(N)C[SH](=O)=O. The van der Waals surface area contributed by atoms with Crippen molar-refractivity contribution in [1.82, 2.24) is 0 Å². The van der Waals surface area contributed by atoms with Gasteiger partial charge in [0.1, 0.15) is 10.7 Å². The van der Waals surface area contributed by atoms with Crippen molar-refractivity contribution in [2.24, 2.45) is 5.73 Å². The molecule has 0 spiro atoms. The average Bonchev–Trinajstić information content (AvgIpc) is 1.82. The first-order valence-electron chi connectivity index (χ1n) is 3.33. The van der Waals surface area contributed by atoms with Gasteiger partial charge in [-0.2, -0.15) is 0 Å². The van der Waals surface area contributed by atoms with Crippen molar-refractivity contribution in [1.29, 1.82) is 0 Å². The second-order valence-corrected chi connectivity index (χ2v) is 3.30. The van der Waals surface area contributed by atoms with Crippen molar-refractivity contribution in [3.05, 3.63) is 6.92 Å². The predicted molar refractivity (Wildman–Crippen MR) is 42.4 cm³/mol. The van der Waals surface area contributed by atoms with Gasteiger partial charge in [0.05, 0.1) is 5.75 Å². The molecule has 2 N–H and O–H groups in total. The molecule has 0 aromatic rings. The van der Waals surface area contributed by atoms with Crippen LogP contribution in [0.3, 0.4) is 0 Å². The van der Waals surface area contributed by atoms with Gasteiger partial charge in [-0.15, -0.1) is 0 Å². The van der Waals surface area contributed by atoms with Crippen molar-refractivity contribution >= 4 is 10.7 Å². The molecule has 0 heterocycles. The fourth-order valence-corrected chi connectivity index (χ4v) is 1.25. The smallest absolute Gasteiger partial charge is 0.141 e. The van der Waals surface area contributed by atoms with Crippen molar-refractivity contribution < 1.29 is 8.42 Å². The molecule has 1 radical (unpaired) electrons. The topological polar surface area (TPSA) is 60.2 Å². The second kappa shape index (κ2) is 5.68. The van der Waals surface area contributed by atoms with Gasteiger partial charge in [-0.25, -0.2) is 8.42 Å². The molecule has 0 aliphatic heterocycles. The molecule has 3 nitrogen and oxygen atoms in total. The van der Waals surface area contributed by atoms with E-state index in [0.29, 0.717) is 0 Å². The molecule has 0 aliphatic rings. The zero-order valence-corrected chi connectivity index (χ0v) is 6.85. The van der Waals surface area contributed by atoms with Crippen molar-refractivity contribution in [2.75, 3.05) is 5.75 Å². The molecular weight excluding hydrogens is 150 g/mol. The Hall–Kier alpha value is -0.0900. The van der Waals surface area contributed by atoms with Gasteiger partial charge in [-0.3, -0.25) is 0 Å². The molecule has 0 aromatic carbocycles. The lowest BCUT2D eigenvalue weighted by molar-refractivity contribution is 0.588. The van der Waals surface area contributed by atoms with Crippen LogP contribution in [-0.4, -0.2) is 20.2 Å². The third-order valence-electron chi connectivity index (χ3n) is 1.21. The summed E-state index contributed by atoms with van der Waals surface area (Å²) in [7, 11) is -2.30. The van der Waals surface area contributed by atoms with Crippen LogP contribution in [0.1, 0.15) is 19.3 Å². The number of rotatable bonds is 5. The van der Waals surface area contributed by atoms with Gasteiger partial charge in [0.15, 0.2) is 0 Å². The van der Waals surface area contributed by atoms with E-state index in [-0.39, 0.29) is 11.8 Å². The van der Waals surface area contributed by atoms with Crippen LogP contribution >= 0.6 is 0 Å². The van der Waals surface area contributed by atoms with E-state index in [1.165, 1.54) is 0 Å². The lowest BCUT2D eigenvalue weighted by atomic mass is 10.2. The molecule has 4 heteroatoms. The highest BCUT2D eigenvalue weighted by atomic mass is 32.2. The number of hydrogen-bond donors (Lipinski definition) is 2. The van der Waals surface area contributed by atoms with E-state index < -0.39 is 10.7 Å². The van der Waals surface area contributed by atoms with Gasteiger partial charge in [0.25, 0.3) is 0 Å². The lowest BCUT2D eigenvalue weighted by Gasteiger charge is -2.04. The van der Waals surface area contributed by atoms with Crippen LogP contribution in [0, 0.1) is 6.92 Å². The van der Waals surface area contributed by atoms with Crippen molar-refractivity contribution in [2.45, 2.75) is 25.3 Å². The van der Waals surface area contributed by atoms with Gasteiger partial charge in [0.2, 0.25) is 0 Å². The maximum atomic E-state index is 10.1. The molecule has 1 atom stereocenters. The first-order chi connectivity index (χ1) is 4.66. The summed E-state index contributed by atoms with van der Waals surface area (Å²) >= 11 is 0. The monoisotopic (exact) mass is 164 g/mol. The zero-order valence-electron chi connectivity index (χ0n) is 5.95. The summed E-state index contributed by atoms with van der Waals surface area (Å²) in [5.74, 6) is 0.106. The zero-order chi connectivity index (χ0) is 7.98. The molecule has 0 rings (SSSR count). The highest BCUT2D eigenvalue weighted by Gasteiger charge is 2.01. The Bertz CT molecular complexity index is 137. The third-order valence-corrected chi connectivity index (χ3v) is 1.98. The highest BCUT2D eigenvalue weighted by Crippen LogP contribution is 1.97. The van der Waals surface area contributed by atoms with Crippen LogP contribution in [0.25, 0.3) is 0 Å². The third kappa shape index (κ3) is 6.04. The van der Waals surface area contributed by atoms with Gasteiger partial charge >= 0.3 is 0 Å². The van der Waals surface area contributed by atoms with E-state index in [1.807, 2.05) is 0 Å². The summed E-state index contributed by atoms with van der Waals surface area (Å²) < 4.78 is 20.2. The molecule has 0 aromatic heterocycles. The number of hydrogen-bond acceptors (Lipinski definition) is 3. The molecule has 1 unspecified atom stereocenters. The fraction of sp³-hybridized carbons (Fsp3) is 0.833. The summed E-state index contributed by atoms with van der Waals surface area (Å²) in [4.78, 5) is 0. The Balaban J connectivity index is 3.33. The van der Waals surface area contributed by atoms with E-state index in [4.69, 9.17) is 5.73 Å². The molecule has 0 amide bonds. The summed E-state index contributed by atoms with van der Waals surface area (Å²) in [5, 5.41) is 0. The lowest BCUT2D eigenvalue weighted by Crippen LogP contribution is -2.24. The van der Waals surface area contributed by atoms with Crippen LogP contribution in [0.5, 0.6) is 0 Å². The van der Waals surface area contributed by atoms with Crippen molar-refractivity contribution in [3.8, 4) is 0 Å². The molecule has 0 saturated carbocycles. The molecule has 0 fully saturated rings. The first-order valence-corrected chi connectivity index (χ1v) is 4.69. The van der Waals surface area contributed by atoms with Crippen LogP contribution in [0.15, 0.2) is 0 Å². The molecule has 0 saturated heterocycles. The number of nitrogens with two attached hydrogens (primary N) is 1. The van der Waals surface area contributed by atoms with E-state index in [1.54, 1.807) is 0 Å². The van der Waals surface area contributed by atoms with Crippen LogP contribution < -0.4 is 5.73 Å². The minimum atomic E-state index is -2.30. The Kier molecular flexibility index (Phi) is 5.63. The normalized spacial score (nSPS) is 13.9. The number of thiol groups is 1. The summed E-state index contributed by atoms with van der Waals surface area (Å²) in [5.41, 5.74) is 5.45. The Morgan fingerprint density at radius 1 is 1.50 bits per heavy atom. The highest BCUT2D eigenvalue weighted by molar-refractivity contribution is 7.72. The van der Waals surface area contributed by atoms with Crippen LogP contribution in [0.2, 0.25) is 0 Å². The Morgan fingerprint density at radius 3 is 2.50 bits per heavy atom. The quantitative estimate of drug-likeness (QED) is 0.559. The van der Waals surface area contributed by atoms with Crippen LogP contribution in [-0.2, 0) is 10.7 Å². The van der Waals surface area contributed by atoms with Gasteiger partial charge < -0.3 is 5.73 Å². The van der Waals surface area contributed by atoms with Crippen LogP contribution in [0.4, 0.5) is 0 Å². The number of unbranched alkanes of at least 4 members (excludes halogenated alkanes) is 1. The van der Waals surface area contributed by atoms with Crippen molar-refractivity contribution in [3.63, 3.8) is 0 Å². The van der Waals surface area contributed by atoms with E-state index >= 15 is 0 Å². The van der Waals surface area contributed by atoms with E-state index in [9.17, 15) is 8.42 Å². The van der Waals surface area contributed by atoms with E-state index in [0.717, 1.165) is 19.3 Å². The Morgan fingerprint density at radius 2 is 2.10 bits per heavy atom. The maximum Gasteiger partial charge on any atom is 0.141 e. The summed E-state index contributed by atoms with van der Waals surface area (Å²) in [6.07, 6.45) is 2.49. The molecule has 61 valence electrons. The Labute approximate surface area is 63.6 Å². The largest absolute Gasteiger partial charge is 0.327 e. The molecular formula is C6H14NO2S. The first kappa shape index (κ1) is 9.91. The molecule has 10 heavy (non-hydrogen) atoms. The van der Waals surface area contributed by atoms with Gasteiger partial charge in [-0.05, 0) is 6.42 Å². The van der Waals surface area contributed by atoms with Gasteiger partial charge in [0, 0.05) is 6.04 Å². The maximum absolute atomic E-state index is 10.1. The second-order valence-electron chi connectivity index (χ2n) is 2.27. The minimum absolute atomic E-state index is 0.106. The van der Waals surface area contributed by atoms with E-state index in [2.05, 4.69) is 6.92 Å². The standard InChI is InChI=1S/C6H14NO2S/c1-2-3-4-6(7)5-10(8)9/h6,10H,1-5,7H2. The predicted octanol–water partition coefficient (Wildman–Crippen LogP) is -0.0705. The fourth-order valence-electron chi connectivity index (χ4n) is 0.689. The molecule has 0 bridgehead atoms. The summed E-state index contributed by atoms with van der Waals surface area (Å²) in [6.45, 7) is 3.63.